The fourth-order valence-corrected chi connectivity index (χ4v) is 12.2. The van der Waals surface area contributed by atoms with Crippen LogP contribution < -0.4 is 5.32 Å². The SMILES string of the molecule is CCCCCCCCCCCCCC/C=C\CCCCCCCCCCCCCCCC(O)C(=O)NC(COC1OC(CO)C(O)C(O)C1O)C(O)C(O)CCC/C=C/CC/C=C/CCCCCCCCCCCCCCCCCCCCCCC. The van der Waals surface area contributed by atoms with Gasteiger partial charge in [-0.2, -0.15) is 0 Å². The highest BCUT2D eigenvalue weighted by molar-refractivity contribution is 5.80. The first-order valence-corrected chi connectivity index (χ1v) is 37.4. The number of nitrogens with one attached hydrogen (secondary N) is 1. The molecule has 0 saturated carbocycles. The zero-order valence-electron chi connectivity index (χ0n) is 56.3. The van der Waals surface area contributed by atoms with Gasteiger partial charge in [0.2, 0.25) is 5.91 Å². The summed E-state index contributed by atoms with van der Waals surface area (Å²) in [5, 5.41) is 76.6. The van der Waals surface area contributed by atoms with Gasteiger partial charge in [0.25, 0.3) is 0 Å². The Kier molecular flexibility index (Phi) is 60.8. The van der Waals surface area contributed by atoms with Gasteiger partial charge in [-0.15, -0.1) is 0 Å². The third-order valence-electron chi connectivity index (χ3n) is 18.1. The third kappa shape index (κ3) is 50.0. The minimum atomic E-state index is -1.67. The molecule has 11 heteroatoms. The molecule has 8 N–H and O–H groups in total. The molecule has 11 nitrogen and oxygen atoms in total. The quantitative estimate of drug-likeness (QED) is 0.0215. The van der Waals surface area contributed by atoms with Crippen molar-refractivity contribution in [3.63, 3.8) is 0 Å². The van der Waals surface area contributed by atoms with E-state index in [0.29, 0.717) is 19.3 Å². The average Bonchev–Trinajstić information content (AvgIpc) is 3.00. The second kappa shape index (κ2) is 63.5. The molecule has 0 radical (unpaired) electrons. The topological polar surface area (TPSA) is 189 Å². The maximum absolute atomic E-state index is 13.3. The van der Waals surface area contributed by atoms with Gasteiger partial charge in [-0.05, 0) is 77.0 Å². The van der Waals surface area contributed by atoms with Crippen molar-refractivity contribution < 1.29 is 50.0 Å². The normalized spacial score (nSPS) is 18.9. The van der Waals surface area contributed by atoms with Crippen LogP contribution in [0.5, 0.6) is 0 Å². The van der Waals surface area contributed by atoms with Crippen LogP contribution in [0.15, 0.2) is 36.5 Å². The van der Waals surface area contributed by atoms with Crippen molar-refractivity contribution in [3.05, 3.63) is 36.5 Å². The summed E-state index contributed by atoms with van der Waals surface area (Å²) in [6, 6.07) is -1.19. The second-order valence-corrected chi connectivity index (χ2v) is 26.4. The van der Waals surface area contributed by atoms with Gasteiger partial charge in [0.05, 0.1) is 25.4 Å². The Morgan fingerprint density at radius 3 is 1.03 bits per heavy atom. The van der Waals surface area contributed by atoms with Crippen LogP contribution in [0.4, 0.5) is 0 Å². The molecule has 9 unspecified atom stereocenters. The van der Waals surface area contributed by atoms with E-state index in [1.807, 2.05) is 0 Å². The van der Waals surface area contributed by atoms with E-state index in [9.17, 15) is 40.5 Å². The number of rotatable bonds is 66. The highest BCUT2D eigenvalue weighted by Crippen LogP contribution is 2.24. The van der Waals surface area contributed by atoms with E-state index in [1.165, 1.54) is 283 Å². The third-order valence-corrected chi connectivity index (χ3v) is 18.1. The number of hydrogen-bond acceptors (Lipinski definition) is 10. The van der Waals surface area contributed by atoms with E-state index in [2.05, 4.69) is 55.6 Å². The highest BCUT2D eigenvalue weighted by Gasteiger charge is 2.44. The summed E-state index contributed by atoms with van der Waals surface area (Å²) in [6.07, 6.45) is 71.0. The number of aliphatic hydroxyl groups is 7. The second-order valence-electron chi connectivity index (χ2n) is 26.4. The van der Waals surface area contributed by atoms with Crippen molar-refractivity contribution >= 4 is 5.91 Å². The Morgan fingerprint density at radius 1 is 0.395 bits per heavy atom. The van der Waals surface area contributed by atoms with Crippen molar-refractivity contribution in [1.29, 1.82) is 0 Å². The van der Waals surface area contributed by atoms with Gasteiger partial charge in [0, 0.05) is 0 Å². The van der Waals surface area contributed by atoms with Gasteiger partial charge in [0.1, 0.15) is 36.6 Å². The molecule has 0 bridgehead atoms. The van der Waals surface area contributed by atoms with Crippen molar-refractivity contribution in [2.24, 2.45) is 0 Å². The largest absolute Gasteiger partial charge is 0.394 e. The van der Waals surface area contributed by atoms with E-state index in [4.69, 9.17) is 9.47 Å². The van der Waals surface area contributed by atoms with Crippen molar-refractivity contribution in [3.8, 4) is 0 Å². The van der Waals surface area contributed by atoms with E-state index >= 15 is 0 Å². The molecule has 1 heterocycles. The number of hydrogen-bond donors (Lipinski definition) is 8. The summed E-state index contributed by atoms with van der Waals surface area (Å²) in [6.45, 7) is 3.50. The molecule has 0 aromatic heterocycles. The molecule has 0 spiro atoms. The van der Waals surface area contributed by atoms with Crippen LogP contribution >= 0.6 is 0 Å². The summed E-state index contributed by atoms with van der Waals surface area (Å²) in [7, 11) is 0. The van der Waals surface area contributed by atoms with E-state index < -0.39 is 74.2 Å². The lowest BCUT2D eigenvalue weighted by molar-refractivity contribution is -0.303. The zero-order valence-corrected chi connectivity index (χ0v) is 56.3. The standard InChI is InChI=1S/C75H143NO10/c1-3-5-7-9-11-13-15-17-19-21-23-25-27-29-31-33-35-36-38-40-42-44-46-48-50-52-54-56-58-60-62-67(78)70(80)66(65-85-75-73(83)72(82)71(81)69(64-77)86-75)76-74(84)68(79)63-61-59-57-55-53-51-49-47-45-43-41-39-37-34-32-30-28-26-24-22-20-18-16-14-12-10-8-6-4-2/h30,32,46,48,54,56,66-73,75,77-83H,3-29,31,33-45,47,49-53,55,57-65H2,1-2H3,(H,76,84)/b32-30-,48-46+,56-54+. The van der Waals surface area contributed by atoms with Crippen molar-refractivity contribution in [2.45, 2.75) is 422 Å². The lowest BCUT2D eigenvalue weighted by Gasteiger charge is -2.40. The summed E-state index contributed by atoms with van der Waals surface area (Å²) in [4.78, 5) is 13.3. The first kappa shape index (κ1) is 82.3. The average molecular weight is 1220 g/mol. The van der Waals surface area contributed by atoms with Gasteiger partial charge < -0.3 is 50.5 Å². The smallest absolute Gasteiger partial charge is 0.249 e. The lowest BCUT2D eigenvalue weighted by atomic mass is 9.98. The van der Waals surface area contributed by atoms with Gasteiger partial charge in [0.15, 0.2) is 6.29 Å². The van der Waals surface area contributed by atoms with Gasteiger partial charge in [-0.1, -0.05) is 326 Å². The maximum atomic E-state index is 13.3. The molecule has 508 valence electrons. The fourth-order valence-electron chi connectivity index (χ4n) is 12.2. The van der Waals surface area contributed by atoms with Crippen LogP contribution in [0.2, 0.25) is 0 Å². The number of allylic oxidation sites excluding steroid dienone is 6. The Labute approximate surface area is 530 Å². The van der Waals surface area contributed by atoms with Crippen LogP contribution in [0, 0.1) is 0 Å². The maximum Gasteiger partial charge on any atom is 0.249 e. The molecule has 1 amide bonds. The summed E-state index contributed by atoms with van der Waals surface area (Å²) in [5.74, 6) is -0.705. The van der Waals surface area contributed by atoms with Gasteiger partial charge in [-0.25, -0.2) is 0 Å². The number of amides is 1. The molecule has 0 aromatic carbocycles. The number of carbonyl (C=O) groups excluding carboxylic acids is 1. The number of unbranched alkanes of at least 4 members (excludes halogenated alkanes) is 48. The van der Waals surface area contributed by atoms with Crippen molar-refractivity contribution in [2.75, 3.05) is 13.2 Å². The minimum absolute atomic E-state index is 0.248. The molecule has 1 aliphatic rings. The molecule has 1 rings (SSSR count). The minimum Gasteiger partial charge on any atom is -0.394 e. The van der Waals surface area contributed by atoms with Crippen LogP contribution in [0.3, 0.4) is 0 Å². The zero-order chi connectivity index (χ0) is 62.4. The molecular weight excluding hydrogens is 1070 g/mol. The van der Waals surface area contributed by atoms with Gasteiger partial charge >= 0.3 is 0 Å². The molecular formula is C75H143NO10. The van der Waals surface area contributed by atoms with Crippen LogP contribution in [0.1, 0.15) is 367 Å². The molecule has 1 saturated heterocycles. The van der Waals surface area contributed by atoms with Crippen LogP contribution in [-0.2, 0) is 14.3 Å². The van der Waals surface area contributed by atoms with Crippen molar-refractivity contribution in [1.82, 2.24) is 5.32 Å². The lowest BCUT2D eigenvalue weighted by Crippen LogP contribution is -2.60. The Bertz CT molecular complexity index is 1490. The van der Waals surface area contributed by atoms with E-state index in [-0.39, 0.29) is 12.8 Å². The molecule has 86 heavy (non-hydrogen) atoms. The summed E-state index contributed by atoms with van der Waals surface area (Å²) < 4.78 is 11.2. The predicted molar refractivity (Wildman–Crippen MR) is 362 cm³/mol. The number of ether oxygens (including phenoxy) is 2. The first-order valence-electron chi connectivity index (χ1n) is 37.4. The van der Waals surface area contributed by atoms with Crippen LogP contribution in [-0.4, -0.2) is 110 Å². The highest BCUT2D eigenvalue weighted by atomic mass is 16.7. The Balaban J connectivity index is 2.20. The molecule has 0 aromatic rings. The molecule has 9 atom stereocenters. The fraction of sp³-hybridized carbons (Fsp3) is 0.907. The monoisotopic (exact) mass is 1220 g/mol. The van der Waals surface area contributed by atoms with Gasteiger partial charge in [-0.3, -0.25) is 4.79 Å². The van der Waals surface area contributed by atoms with E-state index in [0.717, 1.165) is 38.5 Å². The van der Waals surface area contributed by atoms with Crippen LogP contribution in [0.25, 0.3) is 0 Å². The Morgan fingerprint density at radius 2 is 0.698 bits per heavy atom. The molecule has 0 aliphatic carbocycles. The number of aliphatic hydroxyl groups excluding tert-OH is 7. The molecule has 1 fully saturated rings. The van der Waals surface area contributed by atoms with E-state index in [1.54, 1.807) is 0 Å². The Hall–Kier alpha value is -1.67. The summed E-state index contributed by atoms with van der Waals surface area (Å²) in [5.41, 5.74) is 0. The number of carbonyl (C=O) groups is 1. The molecule has 1 aliphatic heterocycles. The first-order chi connectivity index (χ1) is 42.2. The predicted octanol–water partition coefficient (Wildman–Crippen LogP) is 18.5. The summed E-state index contributed by atoms with van der Waals surface area (Å²) >= 11 is 0.